The molecule has 4 saturated carbocycles. The Bertz CT molecular complexity index is 755. The summed E-state index contributed by atoms with van der Waals surface area (Å²) in [5.74, 6) is 0.995. The fraction of sp³-hybridized carbons (Fsp3) is 0.636. The van der Waals surface area contributed by atoms with E-state index < -0.39 is 17.0 Å². The Kier molecular flexibility index (Phi) is 4.24. The summed E-state index contributed by atoms with van der Waals surface area (Å²) in [6, 6.07) is 7.76. The molecule has 5 rings (SSSR count). The van der Waals surface area contributed by atoms with Gasteiger partial charge in [-0.15, -0.1) is 0 Å². The molecule has 0 aliphatic heterocycles. The van der Waals surface area contributed by atoms with Gasteiger partial charge in [0.15, 0.2) is 5.60 Å². The smallest absolute Gasteiger partial charge is 0.309 e. The summed E-state index contributed by atoms with van der Waals surface area (Å²) < 4.78 is 6.04. The minimum absolute atomic E-state index is 0.0706. The molecule has 0 spiro atoms. The number of amides is 1. The molecule has 4 aliphatic carbocycles. The number of nitrogens with one attached hydrogen (secondary N) is 1. The van der Waals surface area contributed by atoms with Gasteiger partial charge in [0.1, 0.15) is 5.75 Å². The molecule has 2 unspecified atom stereocenters. The van der Waals surface area contributed by atoms with E-state index in [-0.39, 0.29) is 23.8 Å². The number of carboxylic acid groups (broad SMARTS) is 1. The summed E-state index contributed by atoms with van der Waals surface area (Å²) >= 11 is 0. The number of carbonyl (C=O) groups excluding carboxylic acids is 1. The van der Waals surface area contributed by atoms with Crippen LogP contribution in [0.2, 0.25) is 0 Å². The summed E-state index contributed by atoms with van der Waals surface area (Å²) in [7, 11) is 0. The number of benzene rings is 1. The quantitative estimate of drug-likeness (QED) is 0.830. The Morgan fingerprint density at radius 1 is 1.15 bits per heavy atom. The van der Waals surface area contributed by atoms with Crippen LogP contribution in [-0.4, -0.2) is 28.6 Å². The fourth-order valence-corrected chi connectivity index (χ4v) is 5.84. The van der Waals surface area contributed by atoms with Crippen molar-refractivity contribution in [3.63, 3.8) is 0 Å². The Hall–Kier alpha value is -2.04. The Labute approximate surface area is 160 Å². The maximum atomic E-state index is 13.0. The SMILES string of the molecule is Cc1ccccc1OC(C)(C)C(=O)NC1C2CC3CC1CC(C(=O)O)(C3)C2. The van der Waals surface area contributed by atoms with Gasteiger partial charge in [0.25, 0.3) is 5.91 Å². The number of carbonyl (C=O) groups is 2. The number of ether oxygens (including phenoxy) is 1. The van der Waals surface area contributed by atoms with Crippen LogP contribution in [0, 0.1) is 30.1 Å². The lowest BCUT2D eigenvalue weighted by Gasteiger charge is -2.58. The molecule has 0 saturated heterocycles. The summed E-state index contributed by atoms with van der Waals surface area (Å²) in [5, 5.41) is 13.0. The normalized spacial score (nSPS) is 34.3. The van der Waals surface area contributed by atoms with Crippen LogP contribution in [0.1, 0.15) is 51.5 Å². The highest BCUT2D eigenvalue weighted by Gasteiger charge is 2.59. The van der Waals surface area contributed by atoms with E-state index in [1.807, 2.05) is 31.2 Å². The number of rotatable bonds is 5. The first kappa shape index (κ1) is 18.3. The monoisotopic (exact) mass is 371 g/mol. The molecule has 4 bridgehead atoms. The zero-order valence-electron chi connectivity index (χ0n) is 16.3. The third-order valence-corrected chi connectivity index (χ3v) is 7.03. The third kappa shape index (κ3) is 3.11. The lowest BCUT2D eigenvalue weighted by Crippen LogP contribution is -2.63. The first-order valence-electron chi connectivity index (χ1n) is 9.99. The summed E-state index contributed by atoms with van der Waals surface area (Å²) in [4.78, 5) is 24.9. The van der Waals surface area contributed by atoms with Crippen LogP contribution in [0.4, 0.5) is 0 Å². The molecule has 2 atom stereocenters. The minimum Gasteiger partial charge on any atom is -0.481 e. The molecule has 2 N–H and O–H groups in total. The van der Waals surface area contributed by atoms with Crippen LogP contribution in [0.5, 0.6) is 5.75 Å². The van der Waals surface area contributed by atoms with Crippen LogP contribution in [0.3, 0.4) is 0 Å². The van der Waals surface area contributed by atoms with Crippen molar-refractivity contribution in [2.75, 3.05) is 0 Å². The lowest BCUT2D eigenvalue weighted by atomic mass is 9.48. The van der Waals surface area contributed by atoms with E-state index in [9.17, 15) is 14.7 Å². The van der Waals surface area contributed by atoms with Crippen LogP contribution >= 0.6 is 0 Å². The van der Waals surface area contributed by atoms with E-state index in [0.717, 1.165) is 24.8 Å². The molecule has 4 fully saturated rings. The molecule has 5 heteroatoms. The van der Waals surface area contributed by atoms with Crippen molar-refractivity contribution in [2.24, 2.45) is 23.2 Å². The largest absolute Gasteiger partial charge is 0.481 e. The maximum absolute atomic E-state index is 13.0. The molecule has 1 aromatic carbocycles. The highest BCUT2D eigenvalue weighted by molar-refractivity contribution is 5.85. The zero-order chi connectivity index (χ0) is 19.4. The van der Waals surface area contributed by atoms with Gasteiger partial charge in [-0.3, -0.25) is 9.59 Å². The zero-order valence-corrected chi connectivity index (χ0v) is 16.3. The number of carboxylic acids is 1. The van der Waals surface area contributed by atoms with Crippen molar-refractivity contribution in [2.45, 2.75) is 64.5 Å². The minimum atomic E-state index is -0.981. The predicted octanol–water partition coefficient (Wildman–Crippen LogP) is 3.55. The predicted molar refractivity (Wildman–Crippen MR) is 101 cm³/mol. The number of hydrogen-bond donors (Lipinski definition) is 2. The number of para-hydroxylation sites is 1. The molecule has 1 amide bonds. The second kappa shape index (κ2) is 6.25. The van der Waals surface area contributed by atoms with E-state index in [0.29, 0.717) is 24.5 Å². The average molecular weight is 371 g/mol. The molecular formula is C22H29NO4. The van der Waals surface area contributed by atoms with E-state index >= 15 is 0 Å². The van der Waals surface area contributed by atoms with Crippen molar-refractivity contribution in [3.05, 3.63) is 29.8 Å². The molecule has 146 valence electrons. The highest BCUT2D eigenvalue weighted by Crippen LogP contribution is 2.60. The average Bonchev–Trinajstić information content (AvgIpc) is 2.59. The van der Waals surface area contributed by atoms with Crippen molar-refractivity contribution < 1.29 is 19.4 Å². The highest BCUT2D eigenvalue weighted by atomic mass is 16.5. The molecule has 0 heterocycles. The van der Waals surface area contributed by atoms with Crippen molar-refractivity contribution >= 4 is 11.9 Å². The lowest BCUT2D eigenvalue weighted by molar-refractivity contribution is -0.168. The Morgan fingerprint density at radius 3 is 2.37 bits per heavy atom. The van der Waals surface area contributed by atoms with Gasteiger partial charge >= 0.3 is 5.97 Å². The van der Waals surface area contributed by atoms with Crippen molar-refractivity contribution in [1.82, 2.24) is 5.32 Å². The van der Waals surface area contributed by atoms with Gasteiger partial charge in [-0.2, -0.15) is 0 Å². The molecule has 1 aromatic rings. The van der Waals surface area contributed by atoms with Crippen molar-refractivity contribution in [1.29, 1.82) is 0 Å². The van der Waals surface area contributed by atoms with Crippen LogP contribution < -0.4 is 10.1 Å². The Balaban J connectivity index is 1.47. The van der Waals surface area contributed by atoms with Gasteiger partial charge in [-0.1, -0.05) is 18.2 Å². The maximum Gasteiger partial charge on any atom is 0.309 e. The van der Waals surface area contributed by atoms with Gasteiger partial charge in [-0.25, -0.2) is 0 Å². The number of aliphatic carboxylic acids is 1. The van der Waals surface area contributed by atoms with Crippen LogP contribution in [0.25, 0.3) is 0 Å². The Morgan fingerprint density at radius 2 is 1.78 bits per heavy atom. The standard InChI is InChI=1S/C22H29NO4/c1-13-6-4-5-7-17(13)27-21(2,3)19(24)23-18-15-8-14-9-16(18)12-22(10-14,11-15)20(25)26/h4-7,14-16,18H,8-12H2,1-3H3,(H,23,24)(H,25,26). The second-order valence-electron chi connectivity index (χ2n) is 9.43. The summed E-state index contributed by atoms with van der Waals surface area (Å²) in [6.45, 7) is 5.56. The number of hydrogen-bond acceptors (Lipinski definition) is 3. The summed E-state index contributed by atoms with van der Waals surface area (Å²) in [6.07, 6.45) is 4.28. The van der Waals surface area contributed by atoms with Gasteiger partial charge in [-0.05, 0) is 82.3 Å². The van der Waals surface area contributed by atoms with E-state index in [4.69, 9.17) is 4.74 Å². The van der Waals surface area contributed by atoms with Gasteiger partial charge in [0.05, 0.1) is 5.41 Å². The molecule has 27 heavy (non-hydrogen) atoms. The van der Waals surface area contributed by atoms with Gasteiger partial charge < -0.3 is 15.2 Å². The molecule has 5 nitrogen and oxygen atoms in total. The number of aryl methyl sites for hydroxylation is 1. The van der Waals surface area contributed by atoms with Crippen LogP contribution in [0.15, 0.2) is 24.3 Å². The second-order valence-corrected chi connectivity index (χ2v) is 9.43. The first-order chi connectivity index (χ1) is 12.7. The fourth-order valence-electron chi connectivity index (χ4n) is 5.84. The summed E-state index contributed by atoms with van der Waals surface area (Å²) in [5.41, 5.74) is -0.535. The molecule has 0 radical (unpaired) electrons. The first-order valence-corrected chi connectivity index (χ1v) is 9.99. The van der Waals surface area contributed by atoms with Crippen LogP contribution in [-0.2, 0) is 9.59 Å². The van der Waals surface area contributed by atoms with Gasteiger partial charge in [0, 0.05) is 6.04 Å². The third-order valence-electron chi connectivity index (χ3n) is 7.03. The van der Waals surface area contributed by atoms with Crippen molar-refractivity contribution in [3.8, 4) is 5.75 Å². The molecule has 0 aromatic heterocycles. The topological polar surface area (TPSA) is 75.6 Å². The molecular weight excluding hydrogens is 342 g/mol. The van der Waals surface area contributed by atoms with E-state index in [1.165, 1.54) is 0 Å². The van der Waals surface area contributed by atoms with E-state index in [1.54, 1.807) is 13.8 Å². The molecule has 4 aliphatic rings. The van der Waals surface area contributed by atoms with Gasteiger partial charge in [0.2, 0.25) is 0 Å². The van der Waals surface area contributed by atoms with E-state index in [2.05, 4.69) is 5.32 Å².